The molecule has 6 heteroatoms. The lowest BCUT2D eigenvalue weighted by Gasteiger charge is -2.46. The number of aromatic nitrogens is 1. The quantitative estimate of drug-likeness (QED) is 0.609. The van der Waals surface area contributed by atoms with E-state index >= 15 is 0 Å². The van der Waals surface area contributed by atoms with Crippen molar-refractivity contribution in [3.63, 3.8) is 0 Å². The predicted octanol–water partition coefficient (Wildman–Crippen LogP) is 4.22. The van der Waals surface area contributed by atoms with Crippen LogP contribution in [0.2, 0.25) is 0 Å². The Morgan fingerprint density at radius 1 is 1.15 bits per heavy atom. The lowest BCUT2D eigenvalue weighted by molar-refractivity contribution is 0.170. The van der Waals surface area contributed by atoms with Crippen molar-refractivity contribution >= 4 is 22.2 Å². The van der Waals surface area contributed by atoms with Crippen LogP contribution in [0.15, 0.2) is 30.3 Å². The van der Waals surface area contributed by atoms with Crippen molar-refractivity contribution in [3.05, 3.63) is 35.2 Å². The second kappa shape index (κ2) is 7.45. The van der Waals surface area contributed by atoms with Gasteiger partial charge >= 0.3 is 0 Å². The average molecular weight is 375 g/mol. The van der Waals surface area contributed by atoms with E-state index in [0.29, 0.717) is 6.04 Å². The van der Waals surface area contributed by atoms with Gasteiger partial charge in [-0.2, -0.15) is 4.98 Å². The van der Waals surface area contributed by atoms with E-state index in [2.05, 4.69) is 48.6 Å². The van der Waals surface area contributed by atoms with E-state index in [4.69, 9.17) is 0 Å². The number of hydrogen-bond donors (Lipinski definition) is 4. The smallest absolute Gasteiger partial charge is 0.227 e. The molecule has 0 saturated carbocycles. The number of nitrogens with one attached hydrogen (secondary N) is 3. The molecule has 1 fully saturated rings. The molecule has 0 radical (unpaired) electrons. The molecule has 26 heavy (non-hydrogen) atoms. The third-order valence-electron chi connectivity index (χ3n) is 4.65. The number of aromatic hydroxyl groups is 1. The highest BCUT2D eigenvalue weighted by Crippen LogP contribution is 2.34. The van der Waals surface area contributed by atoms with E-state index in [1.165, 1.54) is 0 Å². The van der Waals surface area contributed by atoms with Crippen LogP contribution < -0.4 is 16.0 Å². The number of piperidine rings is 1. The van der Waals surface area contributed by atoms with E-state index in [-0.39, 0.29) is 17.0 Å². The molecule has 1 saturated heterocycles. The van der Waals surface area contributed by atoms with Gasteiger partial charge in [-0.25, -0.2) is 0 Å². The summed E-state index contributed by atoms with van der Waals surface area (Å²) >= 11 is 1.56. The Balaban J connectivity index is 1.57. The van der Waals surface area contributed by atoms with Gasteiger partial charge in [0.05, 0.1) is 4.88 Å². The van der Waals surface area contributed by atoms with Crippen molar-refractivity contribution in [1.82, 2.24) is 10.3 Å². The normalized spacial score (nSPS) is 19.2. The molecule has 0 atom stereocenters. The zero-order valence-corrected chi connectivity index (χ0v) is 16.9. The van der Waals surface area contributed by atoms with Crippen molar-refractivity contribution < 1.29 is 5.11 Å². The summed E-state index contributed by atoms with van der Waals surface area (Å²) in [6, 6.07) is 10.5. The van der Waals surface area contributed by atoms with Crippen LogP contribution in [-0.4, -0.2) is 33.8 Å². The summed E-state index contributed by atoms with van der Waals surface area (Å²) in [5.74, 6) is 0.153. The van der Waals surface area contributed by atoms with Crippen LogP contribution in [0, 0.1) is 0 Å². The molecule has 1 aliphatic heterocycles. The molecule has 0 bridgehead atoms. The van der Waals surface area contributed by atoms with Crippen LogP contribution in [0.5, 0.6) is 5.88 Å². The maximum atomic E-state index is 10.2. The molecular weight excluding hydrogens is 344 g/mol. The first-order valence-corrected chi connectivity index (χ1v) is 10.1. The van der Waals surface area contributed by atoms with E-state index < -0.39 is 0 Å². The largest absolute Gasteiger partial charge is 0.492 e. The predicted molar refractivity (Wildman–Crippen MR) is 110 cm³/mol. The standard InChI is InChI=1S/C20H30N4OS/c1-19(2)12-15(13-20(3,4)24-19)22-18-23-17(25)16(26-18)10-11-21-14-8-6-5-7-9-14/h5-9,15,21,24-25H,10-13H2,1-4H3,(H,22,23). The van der Waals surface area contributed by atoms with Crippen LogP contribution in [-0.2, 0) is 6.42 Å². The maximum Gasteiger partial charge on any atom is 0.227 e. The fourth-order valence-corrected chi connectivity index (χ4v) is 4.98. The number of anilines is 2. The molecule has 142 valence electrons. The summed E-state index contributed by atoms with van der Waals surface area (Å²) in [5, 5.41) is 21.6. The molecular formula is C20H30N4OS. The molecule has 0 unspecified atom stereocenters. The van der Waals surface area contributed by atoms with Crippen LogP contribution >= 0.6 is 11.3 Å². The summed E-state index contributed by atoms with van der Waals surface area (Å²) in [6.07, 6.45) is 2.81. The maximum absolute atomic E-state index is 10.2. The third-order valence-corrected chi connectivity index (χ3v) is 5.69. The van der Waals surface area contributed by atoms with E-state index in [0.717, 1.165) is 41.5 Å². The monoisotopic (exact) mass is 374 g/mol. The molecule has 0 spiro atoms. The number of para-hydroxylation sites is 1. The Kier molecular flexibility index (Phi) is 5.44. The fourth-order valence-electron chi connectivity index (χ4n) is 4.04. The van der Waals surface area contributed by atoms with Crippen molar-refractivity contribution in [1.29, 1.82) is 0 Å². The van der Waals surface area contributed by atoms with E-state index in [9.17, 15) is 5.11 Å². The SMILES string of the molecule is CC1(C)CC(Nc2nc(O)c(CCNc3ccccc3)s2)CC(C)(C)N1. The molecule has 1 aliphatic rings. The topological polar surface area (TPSA) is 69.2 Å². The van der Waals surface area contributed by atoms with Crippen LogP contribution in [0.4, 0.5) is 10.8 Å². The van der Waals surface area contributed by atoms with E-state index in [1.54, 1.807) is 11.3 Å². The molecule has 5 nitrogen and oxygen atoms in total. The minimum atomic E-state index is 0.0845. The lowest BCUT2D eigenvalue weighted by Crippen LogP contribution is -2.60. The Hall–Kier alpha value is -1.79. The summed E-state index contributed by atoms with van der Waals surface area (Å²) in [5.41, 5.74) is 1.26. The van der Waals surface area contributed by atoms with Gasteiger partial charge in [-0.3, -0.25) is 0 Å². The molecule has 1 aromatic carbocycles. The Bertz CT molecular complexity index is 711. The Labute approximate surface area is 160 Å². The van der Waals surface area contributed by atoms with Gasteiger partial charge in [0.25, 0.3) is 0 Å². The minimum Gasteiger partial charge on any atom is -0.492 e. The Morgan fingerprint density at radius 3 is 2.46 bits per heavy atom. The third kappa shape index (κ3) is 5.11. The molecule has 0 aliphatic carbocycles. The lowest BCUT2D eigenvalue weighted by atomic mass is 9.80. The second-order valence-electron chi connectivity index (χ2n) is 8.45. The first kappa shape index (κ1) is 19.0. The zero-order valence-electron chi connectivity index (χ0n) is 16.1. The van der Waals surface area contributed by atoms with Gasteiger partial charge in [-0.1, -0.05) is 29.5 Å². The van der Waals surface area contributed by atoms with Gasteiger partial charge in [0.2, 0.25) is 5.88 Å². The van der Waals surface area contributed by atoms with Crippen LogP contribution in [0.1, 0.15) is 45.4 Å². The molecule has 2 heterocycles. The molecule has 3 rings (SSSR count). The van der Waals surface area contributed by atoms with Crippen molar-refractivity contribution in [2.24, 2.45) is 0 Å². The van der Waals surface area contributed by atoms with Crippen LogP contribution in [0.3, 0.4) is 0 Å². The first-order chi connectivity index (χ1) is 12.2. The highest BCUT2D eigenvalue weighted by molar-refractivity contribution is 7.15. The molecule has 0 amide bonds. The van der Waals surface area contributed by atoms with Crippen molar-refractivity contribution in [2.75, 3.05) is 17.2 Å². The summed E-state index contributed by atoms with van der Waals surface area (Å²) in [6.45, 7) is 9.73. The Morgan fingerprint density at radius 2 is 1.81 bits per heavy atom. The summed E-state index contributed by atoms with van der Waals surface area (Å²) in [4.78, 5) is 5.26. The van der Waals surface area contributed by atoms with Gasteiger partial charge in [0.15, 0.2) is 5.13 Å². The van der Waals surface area contributed by atoms with Crippen molar-refractivity contribution in [3.8, 4) is 5.88 Å². The van der Waals surface area contributed by atoms with Gasteiger partial charge in [-0.05, 0) is 52.7 Å². The number of nitrogens with zero attached hydrogens (tertiary/aromatic N) is 1. The number of benzene rings is 1. The number of rotatable bonds is 6. The van der Waals surface area contributed by atoms with Crippen LogP contribution in [0.25, 0.3) is 0 Å². The fraction of sp³-hybridized carbons (Fsp3) is 0.550. The highest BCUT2D eigenvalue weighted by Gasteiger charge is 2.37. The molecule has 1 aromatic heterocycles. The highest BCUT2D eigenvalue weighted by atomic mass is 32.1. The summed E-state index contributed by atoms with van der Waals surface area (Å²) in [7, 11) is 0. The summed E-state index contributed by atoms with van der Waals surface area (Å²) < 4.78 is 0. The molecule has 2 aromatic rings. The first-order valence-electron chi connectivity index (χ1n) is 9.26. The number of hydrogen-bond acceptors (Lipinski definition) is 6. The number of thiazole rings is 1. The molecule has 4 N–H and O–H groups in total. The van der Waals surface area contributed by atoms with Gasteiger partial charge < -0.3 is 21.1 Å². The zero-order chi connectivity index (χ0) is 18.8. The van der Waals surface area contributed by atoms with E-state index in [1.807, 2.05) is 30.3 Å². The van der Waals surface area contributed by atoms with Gasteiger partial charge in [-0.15, -0.1) is 0 Å². The minimum absolute atomic E-state index is 0.0845. The second-order valence-corrected chi connectivity index (χ2v) is 9.53. The van der Waals surface area contributed by atoms with Gasteiger partial charge in [0, 0.05) is 35.8 Å². The van der Waals surface area contributed by atoms with Gasteiger partial charge in [0.1, 0.15) is 0 Å². The van der Waals surface area contributed by atoms with Crippen molar-refractivity contribution in [2.45, 2.75) is 64.1 Å². The average Bonchev–Trinajstić information content (AvgIpc) is 2.85.